The molecule has 3 rings (SSSR count). The summed E-state index contributed by atoms with van der Waals surface area (Å²) in [4.78, 5) is 0. The van der Waals surface area contributed by atoms with Gasteiger partial charge in [-0.3, -0.25) is 0 Å². The summed E-state index contributed by atoms with van der Waals surface area (Å²) in [5.74, 6) is 3.09. The number of methoxy groups -OCH3 is 1. The van der Waals surface area contributed by atoms with E-state index in [1.54, 1.807) is 7.11 Å². The Morgan fingerprint density at radius 3 is 2.79 bits per heavy atom. The number of fused-ring (bicyclic) bond motifs is 2. The number of hydrogen-bond acceptors (Lipinski definition) is 2. The zero-order chi connectivity index (χ0) is 13.4. The van der Waals surface area contributed by atoms with Crippen LogP contribution >= 0.6 is 0 Å². The zero-order valence-corrected chi connectivity index (χ0v) is 11.9. The van der Waals surface area contributed by atoms with Gasteiger partial charge in [0, 0.05) is 6.42 Å². The van der Waals surface area contributed by atoms with Crippen molar-refractivity contribution in [3.63, 3.8) is 0 Å². The zero-order valence-electron chi connectivity index (χ0n) is 11.9. The maximum Gasteiger partial charge on any atom is 0.122 e. The first-order chi connectivity index (χ1) is 9.17. The molecule has 2 aliphatic rings. The molecule has 104 valence electrons. The van der Waals surface area contributed by atoms with Gasteiger partial charge < -0.3 is 9.84 Å². The molecule has 2 nitrogen and oxygen atoms in total. The van der Waals surface area contributed by atoms with Crippen LogP contribution in [0.15, 0.2) is 18.2 Å². The lowest BCUT2D eigenvalue weighted by atomic mass is 9.82. The SMILES string of the molecule is COc1ccc(C)cc1CC(O)C1CC2CCC1C2. The summed E-state index contributed by atoms with van der Waals surface area (Å²) in [5.41, 5.74) is 2.38. The molecule has 2 heteroatoms. The fraction of sp³-hybridized carbons (Fsp3) is 0.647. The molecule has 2 aliphatic carbocycles. The van der Waals surface area contributed by atoms with Crippen molar-refractivity contribution >= 4 is 0 Å². The van der Waals surface area contributed by atoms with E-state index in [9.17, 15) is 5.11 Å². The first kappa shape index (κ1) is 13.0. The van der Waals surface area contributed by atoms with Crippen molar-refractivity contribution in [3.8, 4) is 5.75 Å². The fourth-order valence-electron chi connectivity index (χ4n) is 4.21. The lowest BCUT2D eigenvalue weighted by Gasteiger charge is -2.27. The highest BCUT2D eigenvalue weighted by Gasteiger charge is 2.42. The second-order valence-corrected chi connectivity index (χ2v) is 6.43. The van der Waals surface area contributed by atoms with E-state index >= 15 is 0 Å². The van der Waals surface area contributed by atoms with E-state index in [-0.39, 0.29) is 6.10 Å². The van der Waals surface area contributed by atoms with E-state index in [2.05, 4.69) is 19.1 Å². The Morgan fingerprint density at radius 2 is 2.16 bits per heavy atom. The minimum Gasteiger partial charge on any atom is -0.496 e. The summed E-state index contributed by atoms with van der Waals surface area (Å²) in [6, 6.07) is 6.22. The molecule has 2 saturated carbocycles. The van der Waals surface area contributed by atoms with Gasteiger partial charge in [-0.05, 0) is 55.6 Å². The Bertz CT molecular complexity index is 455. The van der Waals surface area contributed by atoms with Gasteiger partial charge in [0.15, 0.2) is 0 Å². The van der Waals surface area contributed by atoms with Crippen molar-refractivity contribution in [2.75, 3.05) is 7.11 Å². The van der Waals surface area contributed by atoms with Crippen LogP contribution in [-0.2, 0) is 6.42 Å². The normalized spacial score (nSPS) is 30.6. The fourth-order valence-corrected chi connectivity index (χ4v) is 4.21. The van der Waals surface area contributed by atoms with Crippen LogP contribution in [0.5, 0.6) is 5.75 Å². The minimum absolute atomic E-state index is 0.203. The second kappa shape index (κ2) is 5.16. The molecule has 0 aromatic heterocycles. The summed E-state index contributed by atoms with van der Waals surface area (Å²) in [6.45, 7) is 2.09. The van der Waals surface area contributed by atoms with Crippen LogP contribution in [0.25, 0.3) is 0 Å². The summed E-state index contributed by atoms with van der Waals surface area (Å²) < 4.78 is 5.41. The minimum atomic E-state index is -0.203. The average Bonchev–Trinajstić information content (AvgIpc) is 3.01. The third kappa shape index (κ3) is 2.51. The summed E-state index contributed by atoms with van der Waals surface area (Å²) in [6.07, 6.45) is 5.84. The molecule has 4 atom stereocenters. The summed E-state index contributed by atoms with van der Waals surface area (Å²) in [7, 11) is 1.71. The molecule has 2 fully saturated rings. The number of aliphatic hydroxyl groups excluding tert-OH is 1. The van der Waals surface area contributed by atoms with E-state index in [0.29, 0.717) is 5.92 Å². The van der Waals surface area contributed by atoms with Gasteiger partial charge in [0.1, 0.15) is 5.75 Å². The Morgan fingerprint density at radius 1 is 1.32 bits per heavy atom. The molecule has 1 N–H and O–H groups in total. The van der Waals surface area contributed by atoms with Crippen LogP contribution in [0.3, 0.4) is 0 Å². The lowest BCUT2D eigenvalue weighted by molar-refractivity contribution is 0.0745. The molecule has 4 unspecified atom stereocenters. The van der Waals surface area contributed by atoms with Crippen molar-refractivity contribution in [3.05, 3.63) is 29.3 Å². The van der Waals surface area contributed by atoms with Crippen molar-refractivity contribution in [1.82, 2.24) is 0 Å². The molecule has 1 aromatic carbocycles. The molecule has 0 heterocycles. The molecule has 0 amide bonds. The average molecular weight is 260 g/mol. The number of rotatable bonds is 4. The van der Waals surface area contributed by atoms with Crippen LogP contribution in [0.2, 0.25) is 0 Å². The standard InChI is InChI=1S/C17H24O2/c1-11-3-6-17(19-2)14(7-11)10-16(18)15-9-12-4-5-13(15)8-12/h3,6-7,12-13,15-16,18H,4-5,8-10H2,1-2H3. The van der Waals surface area contributed by atoms with Crippen molar-refractivity contribution in [1.29, 1.82) is 0 Å². The Hall–Kier alpha value is -1.02. The van der Waals surface area contributed by atoms with E-state index in [1.165, 1.54) is 31.2 Å². The number of hydrogen-bond donors (Lipinski definition) is 1. The van der Waals surface area contributed by atoms with Crippen molar-refractivity contribution in [2.24, 2.45) is 17.8 Å². The van der Waals surface area contributed by atoms with Crippen LogP contribution in [0, 0.1) is 24.7 Å². The Kier molecular flexibility index (Phi) is 3.53. The van der Waals surface area contributed by atoms with Crippen LogP contribution in [-0.4, -0.2) is 18.3 Å². The molecule has 0 aliphatic heterocycles. The molecule has 0 saturated heterocycles. The third-order valence-electron chi connectivity index (χ3n) is 5.15. The highest BCUT2D eigenvalue weighted by molar-refractivity contribution is 5.37. The number of aliphatic hydroxyl groups is 1. The van der Waals surface area contributed by atoms with Crippen LogP contribution < -0.4 is 4.74 Å². The Labute approximate surface area is 115 Å². The molecular formula is C17H24O2. The maximum atomic E-state index is 10.6. The largest absolute Gasteiger partial charge is 0.496 e. The quantitative estimate of drug-likeness (QED) is 0.899. The van der Waals surface area contributed by atoms with E-state index in [0.717, 1.165) is 29.6 Å². The molecule has 1 aromatic rings. The molecule has 0 spiro atoms. The van der Waals surface area contributed by atoms with Crippen molar-refractivity contribution in [2.45, 2.75) is 45.1 Å². The summed E-state index contributed by atoms with van der Waals surface area (Å²) in [5, 5.41) is 10.6. The number of aryl methyl sites for hydroxylation is 1. The van der Waals surface area contributed by atoms with Gasteiger partial charge in [-0.2, -0.15) is 0 Å². The second-order valence-electron chi connectivity index (χ2n) is 6.43. The van der Waals surface area contributed by atoms with E-state index in [4.69, 9.17) is 4.74 Å². The van der Waals surface area contributed by atoms with Gasteiger partial charge in [-0.1, -0.05) is 24.1 Å². The number of ether oxygens (including phenoxy) is 1. The topological polar surface area (TPSA) is 29.5 Å². The predicted molar refractivity (Wildman–Crippen MR) is 76.4 cm³/mol. The van der Waals surface area contributed by atoms with Gasteiger partial charge in [0.2, 0.25) is 0 Å². The van der Waals surface area contributed by atoms with Gasteiger partial charge in [-0.15, -0.1) is 0 Å². The molecule has 0 radical (unpaired) electrons. The van der Waals surface area contributed by atoms with E-state index in [1.807, 2.05) is 6.07 Å². The van der Waals surface area contributed by atoms with Crippen molar-refractivity contribution < 1.29 is 9.84 Å². The van der Waals surface area contributed by atoms with Gasteiger partial charge >= 0.3 is 0 Å². The number of benzene rings is 1. The van der Waals surface area contributed by atoms with Gasteiger partial charge in [-0.25, -0.2) is 0 Å². The first-order valence-electron chi connectivity index (χ1n) is 7.49. The lowest BCUT2D eigenvalue weighted by Crippen LogP contribution is -2.27. The van der Waals surface area contributed by atoms with Gasteiger partial charge in [0.25, 0.3) is 0 Å². The Balaban J connectivity index is 1.72. The molecule has 19 heavy (non-hydrogen) atoms. The smallest absolute Gasteiger partial charge is 0.122 e. The van der Waals surface area contributed by atoms with Gasteiger partial charge in [0.05, 0.1) is 13.2 Å². The predicted octanol–water partition coefficient (Wildman–Crippen LogP) is 3.34. The summed E-state index contributed by atoms with van der Waals surface area (Å²) >= 11 is 0. The van der Waals surface area contributed by atoms with E-state index < -0.39 is 0 Å². The molecule has 2 bridgehead atoms. The highest BCUT2D eigenvalue weighted by atomic mass is 16.5. The van der Waals surface area contributed by atoms with Crippen LogP contribution in [0.1, 0.15) is 36.8 Å². The monoisotopic (exact) mass is 260 g/mol. The van der Waals surface area contributed by atoms with Crippen LogP contribution in [0.4, 0.5) is 0 Å². The first-order valence-corrected chi connectivity index (χ1v) is 7.49. The molecular weight excluding hydrogens is 236 g/mol. The maximum absolute atomic E-state index is 10.6. The highest BCUT2D eigenvalue weighted by Crippen LogP contribution is 2.50. The third-order valence-corrected chi connectivity index (χ3v) is 5.15.